The topological polar surface area (TPSA) is 65.4 Å². The lowest BCUT2D eigenvalue weighted by Crippen LogP contribution is -2.36. The minimum atomic E-state index is -4.53. The average Bonchev–Trinajstić information content (AvgIpc) is 3.25. The summed E-state index contributed by atoms with van der Waals surface area (Å²) in [5.41, 5.74) is 2.94. The number of morpholine rings is 1. The van der Waals surface area contributed by atoms with Gasteiger partial charge in [0.05, 0.1) is 18.8 Å². The largest absolute Gasteiger partial charge is 0.416 e. The Kier molecular flexibility index (Phi) is 7.37. The van der Waals surface area contributed by atoms with Crippen molar-refractivity contribution < 1.29 is 22.7 Å². The lowest BCUT2D eigenvalue weighted by Gasteiger charge is -2.31. The second kappa shape index (κ2) is 10.6. The van der Waals surface area contributed by atoms with Gasteiger partial charge < -0.3 is 15.0 Å². The Morgan fingerprint density at radius 1 is 1.06 bits per heavy atom. The molecule has 1 heterocycles. The highest BCUT2D eigenvalue weighted by Crippen LogP contribution is 2.37. The Labute approximate surface area is 201 Å². The van der Waals surface area contributed by atoms with Crippen LogP contribution in [-0.4, -0.2) is 37.1 Å². The Balaban J connectivity index is 1.65. The Morgan fingerprint density at radius 2 is 1.80 bits per heavy atom. The molecule has 0 saturated carbocycles. The van der Waals surface area contributed by atoms with Crippen molar-refractivity contribution in [2.24, 2.45) is 0 Å². The van der Waals surface area contributed by atoms with Crippen LogP contribution < -0.4 is 5.32 Å². The summed E-state index contributed by atoms with van der Waals surface area (Å²) in [6, 6.07) is 16.2. The number of benzene rings is 2. The van der Waals surface area contributed by atoms with Crippen LogP contribution in [0.15, 0.2) is 83.1 Å². The summed E-state index contributed by atoms with van der Waals surface area (Å²) in [6.45, 7) is 2.55. The molecule has 2 aromatic carbocycles. The van der Waals surface area contributed by atoms with Gasteiger partial charge in [-0.25, -0.2) is 0 Å². The highest BCUT2D eigenvalue weighted by atomic mass is 19.4. The third-order valence-corrected chi connectivity index (χ3v) is 5.87. The molecular formula is C27H24F3N3O2. The molecule has 1 fully saturated rings. The maximum Gasteiger partial charge on any atom is 0.416 e. The minimum absolute atomic E-state index is 0.0237. The van der Waals surface area contributed by atoms with Gasteiger partial charge >= 0.3 is 6.18 Å². The first-order valence-electron chi connectivity index (χ1n) is 11.3. The SMILES string of the molecule is N#C/C(=C\C1=C(N2CCOCC2)C(=C\c2ccccc2)/CC1)C(=O)Nc1cccc(C(F)(F)F)c1. The average molecular weight is 480 g/mol. The minimum Gasteiger partial charge on any atom is -0.378 e. The monoisotopic (exact) mass is 479 g/mol. The first kappa shape index (κ1) is 24.3. The second-order valence-corrected chi connectivity index (χ2v) is 8.26. The molecule has 0 bridgehead atoms. The van der Waals surface area contributed by atoms with Crippen molar-refractivity contribution >= 4 is 17.7 Å². The molecule has 2 aromatic rings. The van der Waals surface area contributed by atoms with E-state index in [1.807, 2.05) is 36.4 Å². The van der Waals surface area contributed by atoms with Crippen LogP contribution >= 0.6 is 0 Å². The molecule has 0 aromatic heterocycles. The van der Waals surface area contributed by atoms with Gasteiger partial charge in [-0.3, -0.25) is 4.79 Å². The van der Waals surface area contributed by atoms with Crippen LogP contribution in [-0.2, 0) is 15.7 Å². The molecule has 5 nitrogen and oxygen atoms in total. The second-order valence-electron chi connectivity index (χ2n) is 8.26. The summed E-state index contributed by atoms with van der Waals surface area (Å²) < 4.78 is 44.5. The predicted octanol–water partition coefficient (Wildman–Crippen LogP) is 5.56. The zero-order valence-corrected chi connectivity index (χ0v) is 18.9. The zero-order chi connectivity index (χ0) is 24.8. The molecule has 180 valence electrons. The van der Waals surface area contributed by atoms with Crippen molar-refractivity contribution in [3.05, 3.63) is 94.2 Å². The number of rotatable bonds is 5. The highest BCUT2D eigenvalue weighted by Gasteiger charge is 2.31. The van der Waals surface area contributed by atoms with E-state index in [0.29, 0.717) is 32.7 Å². The standard InChI is InChI=1S/C27H24F3N3O2/c28-27(29,30)23-7-4-8-24(17-23)32-26(34)22(18-31)16-21-10-9-20(15-19-5-2-1-3-6-19)25(21)33-11-13-35-14-12-33/h1-8,15-17H,9-14H2,(H,32,34)/b20-15-,22-16+. The molecule has 1 aliphatic carbocycles. The van der Waals surface area contributed by atoms with E-state index in [0.717, 1.165) is 41.0 Å². The van der Waals surface area contributed by atoms with Crippen LogP contribution in [0.3, 0.4) is 0 Å². The number of alkyl halides is 3. The number of hydrogen-bond donors (Lipinski definition) is 1. The van der Waals surface area contributed by atoms with Gasteiger partial charge in [0.15, 0.2) is 0 Å². The fourth-order valence-electron chi connectivity index (χ4n) is 4.23. The van der Waals surface area contributed by atoms with E-state index in [1.54, 1.807) is 6.08 Å². The van der Waals surface area contributed by atoms with Crippen molar-refractivity contribution in [2.45, 2.75) is 19.0 Å². The molecule has 0 unspecified atom stereocenters. The summed E-state index contributed by atoms with van der Waals surface area (Å²) >= 11 is 0. The van der Waals surface area contributed by atoms with Gasteiger partial charge in [0, 0.05) is 24.5 Å². The van der Waals surface area contributed by atoms with Crippen LogP contribution in [0, 0.1) is 11.3 Å². The Morgan fingerprint density at radius 3 is 2.49 bits per heavy atom. The van der Waals surface area contributed by atoms with Crippen LogP contribution in [0.4, 0.5) is 18.9 Å². The number of amides is 1. The van der Waals surface area contributed by atoms with Crippen molar-refractivity contribution in [1.82, 2.24) is 4.90 Å². The molecule has 0 spiro atoms. The van der Waals surface area contributed by atoms with E-state index in [4.69, 9.17) is 4.74 Å². The zero-order valence-electron chi connectivity index (χ0n) is 18.9. The lowest BCUT2D eigenvalue weighted by molar-refractivity contribution is -0.137. The third kappa shape index (κ3) is 6.00. The fourth-order valence-corrected chi connectivity index (χ4v) is 4.23. The lowest BCUT2D eigenvalue weighted by atomic mass is 10.1. The number of hydrogen-bond acceptors (Lipinski definition) is 4. The van der Waals surface area contributed by atoms with Crippen LogP contribution in [0.25, 0.3) is 6.08 Å². The van der Waals surface area contributed by atoms with Crippen molar-refractivity contribution in [3.63, 3.8) is 0 Å². The number of halogens is 3. The maximum atomic E-state index is 13.0. The molecule has 0 radical (unpaired) electrons. The molecule has 4 rings (SSSR count). The molecule has 0 atom stereocenters. The van der Waals surface area contributed by atoms with Gasteiger partial charge in [-0.05, 0) is 59.9 Å². The van der Waals surface area contributed by atoms with E-state index in [1.165, 1.54) is 12.1 Å². The maximum absolute atomic E-state index is 13.0. The van der Waals surface area contributed by atoms with Crippen molar-refractivity contribution in [2.75, 3.05) is 31.6 Å². The van der Waals surface area contributed by atoms with Crippen LogP contribution in [0.1, 0.15) is 24.0 Å². The van der Waals surface area contributed by atoms with Gasteiger partial charge in [-0.2, -0.15) is 18.4 Å². The number of nitrogens with zero attached hydrogens (tertiary/aromatic N) is 2. The van der Waals surface area contributed by atoms with Gasteiger partial charge in [0.25, 0.3) is 5.91 Å². The van der Waals surface area contributed by atoms with E-state index >= 15 is 0 Å². The Hall–Kier alpha value is -3.83. The van der Waals surface area contributed by atoms with Gasteiger partial charge in [0.2, 0.25) is 0 Å². The molecule has 1 saturated heterocycles. The summed E-state index contributed by atoms with van der Waals surface area (Å²) in [5.74, 6) is -0.749. The number of anilines is 1. The summed E-state index contributed by atoms with van der Waals surface area (Å²) in [5, 5.41) is 12.1. The van der Waals surface area contributed by atoms with Crippen molar-refractivity contribution in [3.8, 4) is 6.07 Å². The smallest absolute Gasteiger partial charge is 0.378 e. The number of nitriles is 1. The van der Waals surface area contributed by atoms with Gasteiger partial charge in [-0.1, -0.05) is 36.4 Å². The number of carbonyl (C=O) groups excluding carboxylic acids is 1. The number of carbonyl (C=O) groups is 1. The van der Waals surface area contributed by atoms with Crippen molar-refractivity contribution in [1.29, 1.82) is 5.26 Å². The summed E-state index contributed by atoms with van der Waals surface area (Å²) in [7, 11) is 0. The predicted molar refractivity (Wildman–Crippen MR) is 127 cm³/mol. The molecule has 8 heteroatoms. The first-order valence-corrected chi connectivity index (χ1v) is 11.3. The molecule has 1 aliphatic heterocycles. The normalized spacial score (nSPS) is 18.1. The summed E-state index contributed by atoms with van der Waals surface area (Å²) in [4.78, 5) is 15.0. The Bertz CT molecular complexity index is 1220. The third-order valence-electron chi connectivity index (χ3n) is 5.87. The summed E-state index contributed by atoms with van der Waals surface area (Å²) in [6.07, 6.45) is 0.534. The van der Waals surface area contributed by atoms with Gasteiger partial charge in [0.1, 0.15) is 11.6 Å². The molecular weight excluding hydrogens is 455 g/mol. The number of nitrogens with one attached hydrogen (secondary N) is 1. The molecule has 1 amide bonds. The molecule has 2 aliphatic rings. The number of ether oxygens (including phenoxy) is 1. The van der Waals surface area contributed by atoms with Gasteiger partial charge in [-0.15, -0.1) is 0 Å². The van der Waals surface area contributed by atoms with E-state index in [2.05, 4.69) is 16.3 Å². The highest BCUT2D eigenvalue weighted by molar-refractivity contribution is 6.07. The number of allylic oxidation sites excluding steroid dienone is 3. The molecule has 1 N–H and O–H groups in total. The van der Waals surface area contributed by atoms with E-state index in [9.17, 15) is 23.2 Å². The van der Waals surface area contributed by atoms with E-state index in [-0.39, 0.29) is 11.3 Å². The van der Waals surface area contributed by atoms with Crippen LogP contribution in [0.5, 0.6) is 0 Å². The fraction of sp³-hybridized carbons (Fsp3) is 0.259. The quantitative estimate of drug-likeness (QED) is 0.451. The van der Waals surface area contributed by atoms with E-state index < -0.39 is 17.6 Å². The molecule has 35 heavy (non-hydrogen) atoms. The van der Waals surface area contributed by atoms with Crippen LogP contribution in [0.2, 0.25) is 0 Å². The first-order chi connectivity index (χ1) is 16.8.